The van der Waals surface area contributed by atoms with Crippen LogP contribution in [0.3, 0.4) is 0 Å². The fraction of sp³-hybridized carbons (Fsp3) is 1.00. The van der Waals surface area contributed by atoms with Crippen molar-refractivity contribution in [1.29, 1.82) is 0 Å². The summed E-state index contributed by atoms with van der Waals surface area (Å²) in [7, 11) is 0. The molecule has 1 nitrogen and oxygen atoms in total. The van der Waals surface area contributed by atoms with Crippen LogP contribution in [-0.4, -0.2) is 17.5 Å². The molecule has 1 saturated heterocycles. The first-order valence-electron chi connectivity index (χ1n) is 5.34. The van der Waals surface area contributed by atoms with E-state index in [4.69, 9.17) is 4.74 Å². The summed E-state index contributed by atoms with van der Waals surface area (Å²) >= 11 is 3.61. The molecule has 0 aromatic rings. The molecule has 0 N–H and O–H groups in total. The normalized spacial score (nSPS) is 49.6. The lowest BCUT2D eigenvalue weighted by Crippen LogP contribution is -2.38. The molecular weight excluding hydrogens is 228 g/mol. The standard InChI is InChI=1S/C11H19BrO/c1-3-10(2)8-11(4-5-13-10)6-9(11)7-12/h9H,3-8H2,1-2H3. The van der Waals surface area contributed by atoms with E-state index in [2.05, 4.69) is 29.8 Å². The van der Waals surface area contributed by atoms with E-state index >= 15 is 0 Å². The zero-order valence-corrected chi connectivity index (χ0v) is 10.2. The molecule has 0 bridgehead atoms. The van der Waals surface area contributed by atoms with Crippen LogP contribution < -0.4 is 0 Å². The minimum atomic E-state index is 0.176. The first-order chi connectivity index (χ1) is 6.14. The topological polar surface area (TPSA) is 9.23 Å². The number of hydrogen-bond acceptors (Lipinski definition) is 1. The van der Waals surface area contributed by atoms with Gasteiger partial charge in [0.05, 0.1) is 5.60 Å². The van der Waals surface area contributed by atoms with Crippen LogP contribution in [0.4, 0.5) is 0 Å². The van der Waals surface area contributed by atoms with E-state index in [1.165, 1.54) is 24.6 Å². The average Bonchev–Trinajstić information content (AvgIpc) is 2.78. The number of hydrogen-bond donors (Lipinski definition) is 0. The molecule has 13 heavy (non-hydrogen) atoms. The third kappa shape index (κ3) is 1.68. The predicted octanol–water partition coefficient (Wildman–Crippen LogP) is 3.37. The lowest BCUT2D eigenvalue weighted by atomic mass is 9.81. The largest absolute Gasteiger partial charge is 0.375 e. The molecule has 0 radical (unpaired) electrons. The lowest BCUT2D eigenvalue weighted by Gasteiger charge is -2.38. The minimum Gasteiger partial charge on any atom is -0.375 e. The number of ether oxygens (including phenoxy) is 1. The Labute approximate surface area is 89.4 Å². The van der Waals surface area contributed by atoms with Crippen molar-refractivity contribution in [3.05, 3.63) is 0 Å². The Morgan fingerprint density at radius 3 is 2.85 bits per heavy atom. The third-order valence-corrected chi connectivity index (χ3v) is 4.85. The van der Waals surface area contributed by atoms with Gasteiger partial charge < -0.3 is 4.74 Å². The van der Waals surface area contributed by atoms with Gasteiger partial charge in [0.15, 0.2) is 0 Å². The van der Waals surface area contributed by atoms with Gasteiger partial charge in [-0.05, 0) is 43.9 Å². The fourth-order valence-electron chi connectivity index (χ4n) is 2.78. The van der Waals surface area contributed by atoms with Gasteiger partial charge in [-0.1, -0.05) is 22.9 Å². The van der Waals surface area contributed by atoms with Gasteiger partial charge in [0, 0.05) is 11.9 Å². The second-order valence-electron chi connectivity index (χ2n) is 5.00. The van der Waals surface area contributed by atoms with Crippen LogP contribution in [0.2, 0.25) is 0 Å². The zero-order valence-electron chi connectivity index (χ0n) is 8.61. The molecule has 1 saturated carbocycles. The first kappa shape index (κ1) is 9.97. The summed E-state index contributed by atoms with van der Waals surface area (Å²) < 4.78 is 5.87. The van der Waals surface area contributed by atoms with Crippen LogP contribution >= 0.6 is 15.9 Å². The molecule has 0 aromatic heterocycles. The number of alkyl halides is 1. The van der Waals surface area contributed by atoms with Gasteiger partial charge in [-0.2, -0.15) is 0 Å². The molecule has 0 amide bonds. The Bertz CT molecular complexity index is 206. The maximum absolute atomic E-state index is 5.87. The highest BCUT2D eigenvalue weighted by molar-refractivity contribution is 9.09. The van der Waals surface area contributed by atoms with Gasteiger partial charge in [0.1, 0.15) is 0 Å². The van der Waals surface area contributed by atoms with Crippen LogP contribution in [0.1, 0.15) is 39.5 Å². The highest BCUT2D eigenvalue weighted by Gasteiger charge is 2.57. The second-order valence-corrected chi connectivity index (χ2v) is 5.64. The van der Waals surface area contributed by atoms with Gasteiger partial charge in [0.2, 0.25) is 0 Å². The fourth-order valence-corrected chi connectivity index (χ4v) is 3.70. The molecule has 76 valence electrons. The van der Waals surface area contributed by atoms with Gasteiger partial charge in [0.25, 0.3) is 0 Å². The smallest absolute Gasteiger partial charge is 0.0657 e. The molecule has 2 aliphatic rings. The Kier molecular flexibility index (Phi) is 2.48. The summed E-state index contributed by atoms with van der Waals surface area (Å²) in [5.74, 6) is 0.933. The molecule has 3 atom stereocenters. The van der Waals surface area contributed by atoms with Crippen molar-refractivity contribution in [1.82, 2.24) is 0 Å². The number of halogens is 1. The summed E-state index contributed by atoms with van der Waals surface area (Å²) in [6.07, 6.45) is 5.16. The highest BCUT2D eigenvalue weighted by Crippen LogP contribution is 2.62. The maximum Gasteiger partial charge on any atom is 0.0657 e. The Morgan fingerprint density at radius 1 is 1.54 bits per heavy atom. The Morgan fingerprint density at radius 2 is 2.31 bits per heavy atom. The SMILES string of the molecule is CCC1(C)CC2(CCO1)CC2CBr. The van der Waals surface area contributed by atoms with Gasteiger partial charge >= 0.3 is 0 Å². The Balaban J connectivity index is 2.02. The molecule has 1 aliphatic heterocycles. The molecule has 1 spiro atoms. The molecule has 2 rings (SSSR count). The van der Waals surface area contributed by atoms with Gasteiger partial charge in [-0.3, -0.25) is 0 Å². The van der Waals surface area contributed by atoms with E-state index in [0.29, 0.717) is 5.41 Å². The quantitative estimate of drug-likeness (QED) is 0.680. The van der Waals surface area contributed by atoms with E-state index in [-0.39, 0.29) is 5.60 Å². The molecule has 1 heterocycles. The first-order valence-corrected chi connectivity index (χ1v) is 6.46. The summed E-state index contributed by atoms with van der Waals surface area (Å²) in [5.41, 5.74) is 0.835. The van der Waals surface area contributed by atoms with E-state index < -0.39 is 0 Å². The van der Waals surface area contributed by atoms with Crippen molar-refractivity contribution in [2.75, 3.05) is 11.9 Å². The predicted molar refractivity (Wildman–Crippen MR) is 58.2 cm³/mol. The highest BCUT2D eigenvalue weighted by atomic mass is 79.9. The van der Waals surface area contributed by atoms with Crippen LogP contribution in [0.5, 0.6) is 0 Å². The summed E-state index contributed by atoms with van der Waals surface area (Å²) in [5, 5.41) is 1.19. The van der Waals surface area contributed by atoms with E-state index in [9.17, 15) is 0 Å². The Hall–Kier alpha value is 0.440. The van der Waals surface area contributed by atoms with E-state index in [1.54, 1.807) is 0 Å². The molecule has 0 aromatic carbocycles. The molecule has 3 unspecified atom stereocenters. The molecule has 1 aliphatic carbocycles. The van der Waals surface area contributed by atoms with Crippen LogP contribution in [0.15, 0.2) is 0 Å². The van der Waals surface area contributed by atoms with Crippen molar-refractivity contribution in [3.63, 3.8) is 0 Å². The van der Waals surface area contributed by atoms with Crippen LogP contribution in [-0.2, 0) is 4.74 Å². The van der Waals surface area contributed by atoms with Gasteiger partial charge in [-0.15, -0.1) is 0 Å². The monoisotopic (exact) mass is 246 g/mol. The summed E-state index contributed by atoms with van der Waals surface area (Å²) in [4.78, 5) is 0. The van der Waals surface area contributed by atoms with E-state index in [0.717, 1.165) is 18.9 Å². The molecular formula is C11H19BrO. The summed E-state index contributed by atoms with van der Waals surface area (Å²) in [6, 6.07) is 0. The van der Waals surface area contributed by atoms with Crippen LogP contribution in [0, 0.1) is 11.3 Å². The van der Waals surface area contributed by atoms with Gasteiger partial charge in [-0.25, -0.2) is 0 Å². The molecule has 2 fully saturated rings. The third-order valence-electron chi connectivity index (χ3n) is 4.07. The van der Waals surface area contributed by atoms with Crippen molar-refractivity contribution in [2.24, 2.45) is 11.3 Å². The molecule has 2 heteroatoms. The minimum absolute atomic E-state index is 0.176. The van der Waals surface area contributed by atoms with Crippen molar-refractivity contribution in [2.45, 2.75) is 45.1 Å². The maximum atomic E-state index is 5.87. The number of rotatable bonds is 2. The van der Waals surface area contributed by atoms with E-state index in [1.807, 2.05) is 0 Å². The average molecular weight is 247 g/mol. The van der Waals surface area contributed by atoms with Crippen LogP contribution in [0.25, 0.3) is 0 Å². The second kappa shape index (κ2) is 3.23. The lowest BCUT2D eigenvalue weighted by molar-refractivity contribution is -0.0957. The van der Waals surface area contributed by atoms with Crippen molar-refractivity contribution in [3.8, 4) is 0 Å². The van der Waals surface area contributed by atoms with Crippen molar-refractivity contribution >= 4 is 15.9 Å². The summed E-state index contributed by atoms with van der Waals surface area (Å²) in [6.45, 7) is 5.50. The van der Waals surface area contributed by atoms with Crippen molar-refractivity contribution < 1.29 is 4.74 Å². The zero-order chi connectivity index (χ0) is 9.53.